The lowest BCUT2D eigenvalue weighted by atomic mass is 9.73. The van der Waals surface area contributed by atoms with Crippen molar-refractivity contribution in [3.05, 3.63) is 0 Å². The standard InChI is InChI=1S/C13H22N2O3/c1-13(2,3)10(14)11(16)15-6-7-4-5-8(7)9(15)12(17)18/h7-10H,4-6,14H2,1-3H3,(H,17,18)/t7-,8-,9-,10+/m0/s1. The molecular weight excluding hydrogens is 232 g/mol. The molecule has 0 unspecified atom stereocenters. The lowest BCUT2D eigenvalue weighted by molar-refractivity contribution is -0.151. The lowest BCUT2D eigenvalue weighted by Crippen LogP contribution is -2.54. The highest BCUT2D eigenvalue weighted by Gasteiger charge is 2.53. The van der Waals surface area contributed by atoms with Crippen molar-refractivity contribution >= 4 is 11.9 Å². The van der Waals surface area contributed by atoms with E-state index >= 15 is 0 Å². The van der Waals surface area contributed by atoms with Crippen molar-refractivity contribution in [1.82, 2.24) is 4.90 Å². The summed E-state index contributed by atoms with van der Waals surface area (Å²) in [7, 11) is 0. The fourth-order valence-electron chi connectivity index (χ4n) is 2.93. The number of carboxylic acids is 1. The molecule has 0 aromatic carbocycles. The zero-order valence-electron chi connectivity index (χ0n) is 11.2. The van der Waals surface area contributed by atoms with Crippen LogP contribution in [0, 0.1) is 17.3 Å². The summed E-state index contributed by atoms with van der Waals surface area (Å²) < 4.78 is 0. The maximum Gasteiger partial charge on any atom is 0.326 e. The van der Waals surface area contributed by atoms with Crippen molar-refractivity contribution in [2.75, 3.05) is 6.54 Å². The van der Waals surface area contributed by atoms with Crippen LogP contribution >= 0.6 is 0 Å². The van der Waals surface area contributed by atoms with Crippen molar-refractivity contribution < 1.29 is 14.7 Å². The van der Waals surface area contributed by atoms with E-state index in [4.69, 9.17) is 5.73 Å². The van der Waals surface area contributed by atoms with Gasteiger partial charge in [-0.1, -0.05) is 20.8 Å². The van der Waals surface area contributed by atoms with E-state index < -0.39 is 18.1 Å². The number of hydrogen-bond acceptors (Lipinski definition) is 3. The van der Waals surface area contributed by atoms with Crippen molar-refractivity contribution in [3.8, 4) is 0 Å². The van der Waals surface area contributed by atoms with Gasteiger partial charge in [-0.2, -0.15) is 0 Å². The molecule has 2 rings (SSSR count). The number of amides is 1. The van der Waals surface area contributed by atoms with E-state index in [1.807, 2.05) is 20.8 Å². The Balaban J connectivity index is 2.17. The van der Waals surface area contributed by atoms with Crippen LogP contribution in [0.15, 0.2) is 0 Å². The number of aliphatic carboxylic acids is 1. The molecule has 3 N–H and O–H groups in total. The molecule has 1 aliphatic heterocycles. The van der Waals surface area contributed by atoms with Crippen LogP contribution in [0.25, 0.3) is 0 Å². The predicted molar refractivity (Wildman–Crippen MR) is 66.8 cm³/mol. The van der Waals surface area contributed by atoms with E-state index in [1.54, 1.807) is 0 Å². The average molecular weight is 254 g/mol. The highest BCUT2D eigenvalue weighted by molar-refractivity contribution is 5.88. The smallest absolute Gasteiger partial charge is 0.326 e. The summed E-state index contributed by atoms with van der Waals surface area (Å²) in [4.78, 5) is 25.2. The molecule has 1 heterocycles. The minimum atomic E-state index is -0.892. The average Bonchev–Trinajstić information content (AvgIpc) is 2.47. The summed E-state index contributed by atoms with van der Waals surface area (Å²) in [5, 5.41) is 9.30. The molecule has 18 heavy (non-hydrogen) atoms. The van der Waals surface area contributed by atoms with Crippen LogP contribution in [0.5, 0.6) is 0 Å². The molecule has 102 valence electrons. The summed E-state index contributed by atoms with van der Waals surface area (Å²) in [6.45, 7) is 6.26. The van der Waals surface area contributed by atoms with E-state index in [1.165, 1.54) is 4.90 Å². The maximum absolute atomic E-state index is 12.4. The van der Waals surface area contributed by atoms with Crippen molar-refractivity contribution in [2.24, 2.45) is 23.0 Å². The van der Waals surface area contributed by atoms with Crippen LogP contribution in [0.4, 0.5) is 0 Å². The molecule has 5 nitrogen and oxygen atoms in total. The minimum absolute atomic E-state index is 0.138. The quantitative estimate of drug-likeness (QED) is 0.759. The third-order valence-corrected chi connectivity index (χ3v) is 4.38. The highest BCUT2D eigenvalue weighted by Crippen LogP contribution is 2.45. The normalized spacial score (nSPS) is 32.7. The van der Waals surface area contributed by atoms with E-state index in [-0.39, 0.29) is 17.2 Å². The minimum Gasteiger partial charge on any atom is -0.480 e. The third-order valence-electron chi connectivity index (χ3n) is 4.38. The summed E-state index contributed by atoms with van der Waals surface area (Å²) in [5.74, 6) is -0.609. The zero-order valence-corrected chi connectivity index (χ0v) is 11.2. The van der Waals surface area contributed by atoms with Gasteiger partial charge in [0, 0.05) is 6.54 Å². The summed E-state index contributed by atoms with van der Waals surface area (Å²) >= 11 is 0. The summed E-state index contributed by atoms with van der Waals surface area (Å²) in [5.41, 5.74) is 5.62. The van der Waals surface area contributed by atoms with E-state index in [2.05, 4.69) is 0 Å². The van der Waals surface area contributed by atoms with Gasteiger partial charge in [0.2, 0.25) is 5.91 Å². The van der Waals surface area contributed by atoms with Crippen molar-refractivity contribution in [3.63, 3.8) is 0 Å². The predicted octanol–water partition coefficient (Wildman–Crippen LogP) is 0.681. The second-order valence-corrected chi connectivity index (χ2v) is 6.62. The van der Waals surface area contributed by atoms with Crippen LogP contribution in [-0.4, -0.2) is 40.5 Å². The first-order valence-corrected chi connectivity index (χ1v) is 6.52. The number of rotatable bonds is 2. The van der Waals surface area contributed by atoms with Gasteiger partial charge in [0.15, 0.2) is 0 Å². The number of nitrogens with two attached hydrogens (primary N) is 1. The second-order valence-electron chi connectivity index (χ2n) is 6.62. The van der Waals surface area contributed by atoms with Gasteiger partial charge in [0.1, 0.15) is 6.04 Å². The number of fused-ring (bicyclic) bond motifs is 1. The number of carboxylic acid groups (broad SMARTS) is 1. The van der Waals surface area contributed by atoms with Gasteiger partial charge in [-0.05, 0) is 30.1 Å². The Labute approximate surface area is 107 Å². The third kappa shape index (κ3) is 2.00. The second kappa shape index (κ2) is 4.23. The molecule has 1 saturated heterocycles. The van der Waals surface area contributed by atoms with Gasteiger partial charge in [0.25, 0.3) is 0 Å². The molecular formula is C13H22N2O3. The molecule has 1 aliphatic carbocycles. The first-order chi connectivity index (χ1) is 8.23. The summed E-state index contributed by atoms with van der Waals surface area (Å²) in [6.07, 6.45) is 1.94. The van der Waals surface area contributed by atoms with Gasteiger partial charge in [-0.25, -0.2) is 4.79 Å². The number of carbonyl (C=O) groups excluding carboxylic acids is 1. The van der Waals surface area contributed by atoms with E-state index in [0.717, 1.165) is 12.8 Å². The number of nitrogens with zero attached hydrogens (tertiary/aromatic N) is 1. The first-order valence-electron chi connectivity index (χ1n) is 6.52. The molecule has 1 saturated carbocycles. The van der Waals surface area contributed by atoms with Crippen molar-refractivity contribution in [2.45, 2.75) is 45.7 Å². The topological polar surface area (TPSA) is 83.6 Å². The number of hydrogen-bond donors (Lipinski definition) is 2. The maximum atomic E-state index is 12.4. The summed E-state index contributed by atoms with van der Waals surface area (Å²) in [6, 6.07) is -1.30. The Morgan fingerprint density at radius 3 is 2.33 bits per heavy atom. The van der Waals surface area contributed by atoms with Crippen LogP contribution in [0.3, 0.4) is 0 Å². The Hall–Kier alpha value is -1.10. The SMILES string of the molecule is CC(C)(C)[C@H](N)C(=O)N1C[C@@H]2CC[C@@H]2[C@H]1C(=O)O. The van der Waals surface area contributed by atoms with Gasteiger partial charge in [-0.3, -0.25) is 4.79 Å². The van der Waals surface area contributed by atoms with Gasteiger partial charge < -0.3 is 15.7 Å². The van der Waals surface area contributed by atoms with Gasteiger partial charge >= 0.3 is 5.97 Å². The zero-order chi connectivity index (χ0) is 13.7. The molecule has 0 aromatic heterocycles. The lowest BCUT2D eigenvalue weighted by Gasteiger charge is -2.33. The molecule has 2 fully saturated rings. The molecule has 0 aromatic rings. The molecule has 2 aliphatic rings. The largest absolute Gasteiger partial charge is 0.480 e. The molecule has 5 heteroatoms. The van der Waals surface area contributed by atoms with E-state index in [9.17, 15) is 14.7 Å². The van der Waals surface area contributed by atoms with Crippen LogP contribution in [-0.2, 0) is 9.59 Å². The highest BCUT2D eigenvalue weighted by atomic mass is 16.4. The monoisotopic (exact) mass is 254 g/mol. The Bertz CT molecular complexity index is 375. The molecule has 0 radical (unpaired) electrons. The van der Waals surface area contributed by atoms with Crippen molar-refractivity contribution in [1.29, 1.82) is 0 Å². The van der Waals surface area contributed by atoms with Gasteiger partial charge in [0.05, 0.1) is 6.04 Å². The first kappa shape index (κ1) is 13.3. The molecule has 0 bridgehead atoms. The van der Waals surface area contributed by atoms with Gasteiger partial charge in [-0.15, -0.1) is 0 Å². The molecule has 0 spiro atoms. The Morgan fingerprint density at radius 1 is 1.33 bits per heavy atom. The Kier molecular flexibility index (Phi) is 3.13. The van der Waals surface area contributed by atoms with E-state index in [0.29, 0.717) is 12.5 Å². The fourth-order valence-corrected chi connectivity index (χ4v) is 2.93. The van der Waals surface area contributed by atoms with Crippen LogP contribution in [0.1, 0.15) is 33.6 Å². The van der Waals surface area contributed by atoms with Crippen LogP contribution < -0.4 is 5.73 Å². The molecule has 4 atom stereocenters. The number of likely N-dealkylation sites (tertiary alicyclic amines) is 1. The number of carbonyl (C=O) groups is 2. The van der Waals surface area contributed by atoms with Crippen LogP contribution in [0.2, 0.25) is 0 Å². The molecule has 1 amide bonds. The fraction of sp³-hybridized carbons (Fsp3) is 0.846. The Morgan fingerprint density at radius 2 is 1.94 bits per heavy atom.